The van der Waals surface area contributed by atoms with Crippen LogP contribution in [-0.4, -0.2) is 21.7 Å². The van der Waals surface area contributed by atoms with Crippen LogP contribution in [0.1, 0.15) is 13.2 Å². The first-order valence-corrected chi connectivity index (χ1v) is 4.12. The Kier molecular flexibility index (Phi) is 3.06. The average molecular weight is 202 g/mol. The summed E-state index contributed by atoms with van der Waals surface area (Å²) in [5.41, 5.74) is -0.592. The minimum Gasteiger partial charge on any atom is -0.462 e. The molecule has 0 spiro atoms. The first kappa shape index (κ1) is 10.5. The van der Waals surface area contributed by atoms with Gasteiger partial charge in [0.05, 0.1) is 6.61 Å². The van der Waals surface area contributed by atoms with E-state index in [1.807, 2.05) is 0 Å². The molecule has 0 radical (unpaired) electrons. The molecule has 1 aromatic heterocycles. The second-order valence-electron chi connectivity index (χ2n) is 2.69. The summed E-state index contributed by atoms with van der Waals surface area (Å²) < 4.78 is 19.6. The predicted molar refractivity (Wildman–Crippen MR) is 46.5 cm³/mol. The number of alkyl halides is 1. The molecule has 0 aliphatic carbocycles. The highest BCUT2D eigenvalue weighted by Crippen LogP contribution is 2.07. The first-order valence-electron chi connectivity index (χ1n) is 4.12. The largest absolute Gasteiger partial charge is 0.462 e. The molecule has 0 saturated carbocycles. The molecule has 78 valence electrons. The van der Waals surface area contributed by atoms with Crippen LogP contribution in [0.3, 0.4) is 0 Å². The summed E-state index contributed by atoms with van der Waals surface area (Å²) in [5, 5.41) is 0. The number of esters is 1. The molecular weight excluding hydrogens is 191 g/mol. The molecule has 1 atom stereocenters. The van der Waals surface area contributed by atoms with Gasteiger partial charge in [0.15, 0.2) is 0 Å². The fourth-order valence-electron chi connectivity index (χ4n) is 0.979. The van der Waals surface area contributed by atoms with Crippen LogP contribution in [0.2, 0.25) is 0 Å². The number of aryl methyl sites for hydroxylation is 1. The second kappa shape index (κ2) is 4.08. The summed E-state index contributed by atoms with van der Waals surface area (Å²) in [6.45, 7) is 1.65. The summed E-state index contributed by atoms with van der Waals surface area (Å²) in [7, 11) is 1.47. The lowest BCUT2D eigenvalue weighted by atomic mass is 10.6. The van der Waals surface area contributed by atoms with Crippen molar-refractivity contribution >= 4 is 5.97 Å². The summed E-state index contributed by atoms with van der Waals surface area (Å²) in [5.74, 6) is -1.05. The Hall–Kier alpha value is -1.59. The highest BCUT2D eigenvalue weighted by atomic mass is 19.1. The molecule has 0 fully saturated rings. The Labute approximate surface area is 79.7 Å². The van der Waals surface area contributed by atoms with E-state index in [0.717, 1.165) is 0 Å². The number of nitrogens with zero attached hydrogens (tertiary/aromatic N) is 2. The second-order valence-corrected chi connectivity index (χ2v) is 2.69. The van der Waals surface area contributed by atoms with E-state index in [9.17, 15) is 14.0 Å². The normalized spacial score (nSPS) is 12.5. The lowest BCUT2D eigenvalue weighted by Gasteiger charge is -2.06. The molecule has 1 rings (SSSR count). The quantitative estimate of drug-likeness (QED) is 0.659. The minimum atomic E-state index is -2.07. The molecule has 6 heteroatoms. The summed E-state index contributed by atoms with van der Waals surface area (Å²) >= 11 is 0. The van der Waals surface area contributed by atoms with Gasteiger partial charge < -0.3 is 9.30 Å². The van der Waals surface area contributed by atoms with Gasteiger partial charge in [-0.05, 0) is 6.92 Å². The number of aromatic nitrogens is 2. The monoisotopic (exact) mass is 202 g/mol. The topological polar surface area (TPSA) is 53.2 Å². The van der Waals surface area contributed by atoms with Crippen molar-refractivity contribution in [2.24, 2.45) is 7.05 Å². The highest BCUT2D eigenvalue weighted by Gasteiger charge is 2.22. The predicted octanol–water partition coefficient (Wildman–Crippen LogP) is 0.218. The fourth-order valence-corrected chi connectivity index (χ4v) is 0.979. The van der Waals surface area contributed by atoms with Crippen molar-refractivity contribution < 1.29 is 13.9 Å². The van der Waals surface area contributed by atoms with Gasteiger partial charge in [-0.25, -0.2) is 14.0 Å². The molecule has 5 nitrogen and oxygen atoms in total. The van der Waals surface area contributed by atoms with Crippen molar-refractivity contribution in [3.05, 3.63) is 22.9 Å². The Balaban J connectivity index is 2.89. The van der Waals surface area contributed by atoms with Gasteiger partial charge in [0.1, 0.15) is 0 Å². The average Bonchev–Trinajstić information content (AvgIpc) is 2.47. The molecule has 0 aliphatic rings. The molecule has 0 aromatic carbocycles. The lowest BCUT2D eigenvalue weighted by molar-refractivity contribution is -0.153. The summed E-state index contributed by atoms with van der Waals surface area (Å²) in [6.07, 6.45) is 0.501. The lowest BCUT2D eigenvalue weighted by Crippen LogP contribution is -2.28. The van der Waals surface area contributed by atoms with Crippen molar-refractivity contribution in [2.45, 2.75) is 13.2 Å². The number of halogens is 1. The standard InChI is InChI=1S/C8H11FN2O3/c1-3-14-7(12)6(9)11-5-4-10(2)8(11)13/h4-6H,3H2,1-2H3. The number of hydrogen-bond acceptors (Lipinski definition) is 3. The third-order valence-corrected chi connectivity index (χ3v) is 1.70. The van der Waals surface area contributed by atoms with Crippen molar-refractivity contribution in [2.75, 3.05) is 6.61 Å². The Morgan fingerprint density at radius 3 is 2.71 bits per heavy atom. The van der Waals surface area contributed by atoms with Gasteiger partial charge in [-0.3, -0.25) is 4.57 Å². The highest BCUT2D eigenvalue weighted by molar-refractivity contribution is 5.72. The first-order chi connectivity index (χ1) is 6.57. The maximum absolute atomic E-state index is 13.3. The maximum Gasteiger partial charge on any atom is 0.362 e. The Bertz CT molecular complexity index is 382. The Morgan fingerprint density at radius 1 is 1.64 bits per heavy atom. The van der Waals surface area contributed by atoms with Gasteiger partial charge in [-0.1, -0.05) is 0 Å². The molecule has 0 aliphatic heterocycles. The van der Waals surface area contributed by atoms with Gasteiger partial charge in [-0.15, -0.1) is 0 Å². The SMILES string of the molecule is CCOC(=O)C(F)n1ccn(C)c1=O. The van der Waals surface area contributed by atoms with Crippen LogP contribution < -0.4 is 5.69 Å². The number of rotatable bonds is 3. The minimum absolute atomic E-state index is 0.0842. The van der Waals surface area contributed by atoms with Crippen molar-refractivity contribution in [1.29, 1.82) is 0 Å². The van der Waals surface area contributed by atoms with E-state index in [4.69, 9.17) is 0 Å². The maximum atomic E-state index is 13.3. The van der Waals surface area contributed by atoms with E-state index < -0.39 is 18.0 Å². The van der Waals surface area contributed by atoms with Crippen LogP contribution in [0.4, 0.5) is 4.39 Å². The van der Waals surface area contributed by atoms with Gasteiger partial charge >= 0.3 is 11.7 Å². The van der Waals surface area contributed by atoms with Gasteiger partial charge in [0.25, 0.3) is 6.30 Å². The van der Waals surface area contributed by atoms with Crippen molar-refractivity contribution in [3.8, 4) is 0 Å². The third kappa shape index (κ3) is 1.84. The molecule has 1 heterocycles. The van der Waals surface area contributed by atoms with Gasteiger partial charge in [-0.2, -0.15) is 0 Å². The molecule has 14 heavy (non-hydrogen) atoms. The molecule has 1 unspecified atom stereocenters. The molecule has 0 bridgehead atoms. The van der Waals surface area contributed by atoms with E-state index in [1.165, 1.54) is 24.0 Å². The molecule has 0 amide bonds. The summed E-state index contributed by atoms with van der Waals surface area (Å²) in [6, 6.07) is 0. The van der Waals surface area contributed by atoms with E-state index in [1.54, 1.807) is 6.92 Å². The van der Waals surface area contributed by atoms with E-state index in [0.29, 0.717) is 4.57 Å². The smallest absolute Gasteiger partial charge is 0.362 e. The number of ether oxygens (including phenoxy) is 1. The van der Waals surface area contributed by atoms with Crippen LogP contribution in [0.15, 0.2) is 17.2 Å². The summed E-state index contributed by atoms with van der Waals surface area (Å²) in [4.78, 5) is 22.1. The van der Waals surface area contributed by atoms with Crippen LogP contribution in [0.5, 0.6) is 0 Å². The molecule has 0 N–H and O–H groups in total. The number of imidazole rings is 1. The number of hydrogen-bond donors (Lipinski definition) is 0. The van der Waals surface area contributed by atoms with E-state index >= 15 is 0 Å². The van der Waals surface area contributed by atoms with Crippen LogP contribution in [0, 0.1) is 0 Å². The number of carbonyl (C=O) groups excluding carboxylic acids is 1. The zero-order valence-corrected chi connectivity index (χ0v) is 7.94. The molecular formula is C8H11FN2O3. The van der Waals surface area contributed by atoms with Crippen LogP contribution >= 0.6 is 0 Å². The van der Waals surface area contributed by atoms with E-state index in [2.05, 4.69) is 4.74 Å². The zero-order valence-electron chi connectivity index (χ0n) is 7.94. The third-order valence-electron chi connectivity index (χ3n) is 1.70. The van der Waals surface area contributed by atoms with Crippen molar-refractivity contribution in [1.82, 2.24) is 9.13 Å². The number of carbonyl (C=O) groups is 1. The van der Waals surface area contributed by atoms with Gasteiger partial charge in [0.2, 0.25) is 0 Å². The van der Waals surface area contributed by atoms with Gasteiger partial charge in [0, 0.05) is 19.4 Å². The zero-order chi connectivity index (χ0) is 10.7. The molecule has 1 aromatic rings. The molecule has 0 saturated heterocycles. The van der Waals surface area contributed by atoms with Crippen LogP contribution in [-0.2, 0) is 16.6 Å². The Morgan fingerprint density at radius 2 is 2.29 bits per heavy atom. The van der Waals surface area contributed by atoms with E-state index in [-0.39, 0.29) is 6.61 Å². The van der Waals surface area contributed by atoms with Crippen molar-refractivity contribution in [3.63, 3.8) is 0 Å². The van der Waals surface area contributed by atoms with Crippen LogP contribution in [0.25, 0.3) is 0 Å². The fraction of sp³-hybridized carbons (Fsp3) is 0.500.